The van der Waals surface area contributed by atoms with Gasteiger partial charge < -0.3 is 15.5 Å². The number of aliphatic hydroxyl groups is 1. The minimum Gasteiger partial charge on any atom is -0.508 e. The zero-order valence-corrected chi connectivity index (χ0v) is 12.7. The zero-order chi connectivity index (χ0) is 15.5. The molecular weight excluding hydrogens is 266 g/mol. The van der Waals surface area contributed by atoms with Gasteiger partial charge in [-0.05, 0) is 19.4 Å². The van der Waals surface area contributed by atoms with E-state index in [1.807, 2.05) is 32.3 Å². The van der Waals surface area contributed by atoms with E-state index in [4.69, 9.17) is 0 Å². The van der Waals surface area contributed by atoms with Crippen molar-refractivity contribution >= 4 is 0 Å². The number of para-hydroxylation sites is 1. The highest BCUT2D eigenvalue weighted by Crippen LogP contribution is 2.27. The Bertz CT molecular complexity index is 593. The predicted molar refractivity (Wildman–Crippen MR) is 81.9 cm³/mol. The number of hydrogen-bond acceptors (Lipinski definition) is 4. The summed E-state index contributed by atoms with van der Waals surface area (Å²) in [5.74, 6) is 0.276. The molecule has 0 spiro atoms. The number of nitrogens with zero attached hydrogens (tertiary/aromatic N) is 2. The molecule has 5 heteroatoms. The summed E-state index contributed by atoms with van der Waals surface area (Å²) in [5, 5.41) is 27.9. The number of rotatable bonds is 6. The topological polar surface area (TPSA) is 70.3 Å². The van der Waals surface area contributed by atoms with E-state index in [0.29, 0.717) is 6.54 Å². The van der Waals surface area contributed by atoms with E-state index in [0.717, 1.165) is 17.5 Å². The summed E-state index contributed by atoms with van der Waals surface area (Å²) < 4.78 is 1.67. The average molecular weight is 289 g/mol. The molecule has 5 nitrogen and oxygen atoms in total. The van der Waals surface area contributed by atoms with E-state index in [2.05, 4.69) is 10.4 Å². The van der Waals surface area contributed by atoms with Crippen LogP contribution in [0.4, 0.5) is 0 Å². The van der Waals surface area contributed by atoms with Gasteiger partial charge in [-0.15, -0.1) is 0 Å². The van der Waals surface area contributed by atoms with Gasteiger partial charge in [0.1, 0.15) is 11.4 Å². The molecule has 2 rings (SSSR count). The standard InChI is InChI=1S/C16H23N3O2/c1-4-14(13-7-5-6-8-15(13)20)17-11-16(2,21)12-9-18-19(3)10-12/h5-10,14,17,20-21H,4,11H2,1-3H3/t14-,16-/m0/s1. The van der Waals surface area contributed by atoms with Crippen LogP contribution >= 0.6 is 0 Å². The second-order valence-electron chi connectivity index (χ2n) is 5.58. The Hall–Kier alpha value is -1.85. The lowest BCUT2D eigenvalue weighted by molar-refractivity contribution is 0.0534. The highest BCUT2D eigenvalue weighted by molar-refractivity contribution is 5.34. The maximum absolute atomic E-state index is 10.6. The van der Waals surface area contributed by atoms with Gasteiger partial charge in [-0.1, -0.05) is 25.1 Å². The third kappa shape index (κ3) is 3.62. The van der Waals surface area contributed by atoms with Crippen LogP contribution in [0.5, 0.6) is 5.75 Å². The van der Waals surface area contributed by atoms with E-state index < -0.39 is 5.60 Å². The van der Waals surface area contributed by atoms with Crippen LogP contribution in [0, 0.1) is 0 Å². The maximum atomic E-state index is 10.6. The van der Waals surface area contributed by atoms with Crippen LogP contribution in [0.2, 0.25) is 0 Å². The minimum atomic E-state index is -1.01. The number of aromatic nitrogens is 2. The summed E-state index contributed by atoms with van der Waals surface area (Å²) in [4.78, 5) is 0. The van der Waals surface area contributed by atoms with Gasteiger partial charge in [0.05, 0.1) is 6.20 Å². The molecule has 0 aliphatic heterocycles. The Balaban J connectivity index is 2.08. The van der Waals surface area contributed by atoms with Crippen molar-refractivity contribution in [2.75, 3.05) is 6.54 Å². The van der Waals surface area contributed by atoms with Crippen LogP contribution in [-0.2, 0) is 12.6 Å². The molecule has 2 atom stereocenters. The number of phenolic OH excluding ortho intramolecular Hbond substituents is 1. The first-order valence-corrected chi connectivity index (χ1v) is 7.17. The molecule has 3 N–H and O–H groups in total. The van der Waals surface area contributed by atoms with Gasteiger partial charge in [-0.3, -0.25) is 4.68 Å². The van der Waals surface area contributed by atoms with Crippen molar-refractivity contribution in [3.05, 3.63) is 47.8 Å². The van der Waals surface area contributed by atoms with Crippen molar-refractivity contribution in [2.45, 2.75) is 31.9 Å². The Morgan fingerprint density at radius 1 is 1.38 bits per heavy atom. The van der Waals surface area contributed by atoms with Crippen LogP contribution in [-0.4, -0.2) is 26.5 Å². The van der Waals surface area contributed by atoms with Crippen LogP contribution in [0.15, 0.2) is 36.7 Å². The molecule has 21 heavy (non-hydrogen) atoms. The smallest absolute Gasteiger partial charge is 0.120 e. The molecule has 2 aromatic rings. The second-order valence-corrected chi connectivity index (χ2v) is 5.58. The number of nitrogens with one attached hydrogen (secondary N) is 1. The van der Waals surface area contributed by atoms with E-state index in [1.54, 1.807) is 29.9 Å². The third-order valence-corrected chi connectivity index (χ3v) is 3.74. The molecule has 1 aromatic carbocycles. The Labute approximate surface area is 125 Å². The second kappa shape index (κ2) is 6.28. The Morgan fingerprint density at radius 2 is 2.10 bits per heavy atom. The van der Waals surface area contributed by atoms with Gasteiger partial charge in [0.15, 0.2) is 0 Å². The molecule has 114 valence electrons. The SMILES string of the molecule is CC[C@H](NC[C@](C)(O)c1cnn(C)c1)c1ccccc1O. The predicted octanol–water partition coefficient (Wildman–Crippen LogP) is 2.07. The highest BCUT2D eigenvalue weighted by Gasteiger charge is 2.26. The first-order chi connectivity index (χ1) is 9.94. The first kappa shape index (κ1) is 15.5. The number of hydrogen-bond donors (Lipinski definition) is 3. The van der Waals surface area contributed by atoms with Gasteiger partial charge in [-0.2, -0.15) is 5.10 Å². The lowest BCUT2D eigenvalue weighted by Gasteiger charge is -2.26. The average Bonchev–Trinajstić information content (AvgIpc) is 2.89. The van der Waals surface area contributed by atoms with Crippen molar-refractivity contribution in [1.29, 1.82) is 0 Å². The van der Waals surface area contributed by atoms with Crippen LogP contribution in [0.1, 0.15) is 37.4 Å². The number of aryl methyl sites for hydroxylation is 1. The lowest BCUT2D eigenvalue weighted by Crippen LogP contribution is -2.37. The monoisotopic (exact) mass is 289 g/mol. The fourth-order valence-electron chi connectivity index (χ4n) is 2.38. The zero-order valence-electron chi connectivity index (χ0n) is 12.7. The number of aromatic hydroxyl groups is 1. The molecule has 0 aliphatic carbocycles. The van der Waals surface area contributed by atoms with Gasteiger partial charge in [0.2, 0.25) is 0 Å². The number of benzene rings is 1. The van der Waals surface area contributed by atoms with Crippen LogP contribution in [0.25, 0.3) is 0 Å². The molecule has 1 aromatic heterocycles. The van der Waals surface area contributed by atoms with Crippen LogP contribution in [0.3, 0.4) is 0 Å². The van der Waals surface area contributed by atoms with Crippen LogP contribution < -0.4 is 5.32 Å². The molecule has 0 saturated carbocycles. The molecule has 1 heterocycles. The maximum Gasteiger partial charge on any atom is 0.120 e. The molecule has 0 amide bonds. The van der Waals surface area contributed by atoms with Crippen molar-refractivity contribution in [1.82, 2.24) is 15.1 Å². The first-order valence-electron chi connectivity index (χ1n) is 7.17. The molecule has 0 aliphatic rings. The molecular formula is C16H23N3O2. The fourth-order valence-corrected chi connectivity index (χ4v) is 2.38. The Morgan fingerprint density at radius 3 is 2.67 bits per heavy atom. The van der Waals surface area contributed by atoms with Gasteiger partial charge in [0, 0.05) is 37.0 Å². The summed E-state index contributed by atoms with van der Waals surface area (Å²) in [5.41, 5.74) is 0.609. The lowest BCUT2D eigenvalue weighted by atomic mass is 9.97. The van der Waals surface area contributed by atoms with Crippen molar-refractivity contribution < 1.29 is 10.2 Å². The summed E-state index contributed by atoms with van der Waals surface area (Å²) in [6.07, 6.45) is 4.30. The highest BCUT2D eigenvalue weighted by atomic mass is 16.3. The largest absolute Gasteiger partial charge is 0.508 e. The Kier molecular flexibility index (Phi) is 4.65. The molecule has 0 unspecified atom stereocenters. The number of phenols is 1. The van der Waals surface area contributed by atoms with Gasteiger partial charge >= 0.3 is 0 Å². The van der Waals surface area contributed by atoms with Crippen molar-refractivity contribution in [3.63, 3.8) is 0 Å². The van der Waals surface area contributed by atoms with E-state index in [1.165, 1.54) is 0 Å². The normalized spacial score (nSPS) is 15.6. The third-order valence-electron chi connectivity index (χ3n) is 3.74. The summed E-state index contributed by atoms with van der Waals surface area (Å²) in [6.45, 7) is 4.18. The summed E-state index contributed by atoms with van der Waals surface area (Å²) >= 11 is 0. The summed E-state index contributed by atoms with van der Waals surface area (Å²) in [7, 11) is 1.82. The van der Waals surface area contributed by atoms with Crippen molar-refractivity contribution in [2.24, 2.45) is 7.05 Å². The van der Waals surface area contributed by atoms with Crippen molar-refractivity contribution in [3.8, 4) is 5.75 Å². The minimum absolute atomic E-state index is 0.00523. The molecule has 0 radical (unpaired) electrons. The molecule has 0 bridgehead atoms. The molecule has 0 saturated heterocycles. The van der Waals surface area contributed by atoms with E-state index in [-0.39, 0.29) is 11.8 Å². The van der Waals surface area contributed by atoms with E-state index >= 15 is 0 Å². The summed E-state index contributed by atoms with van der Waals surface area (Å²) in [6, 6.07) is 7.28. The van der Waals surface area contributed by atoms with E-state index in [9.17, 15) is 10.2 Å². The quantitative estimate of drug-likeness (QED) is 0.761. The van der Waals surface area contributed by atoms with Gasteiger partial charge in [0.25, 0.3) is 0 Å². The van der Waals surface area contributed by atoms with Gasteiger partial charge in [-0.25, -0.2) is 0 Å². The molecule has 0 fully saturated rings. The fraction of sp³-hybridized carbons (Fsp3) is 0.438.